The number of halogens is 1. The lowest BCUT2D eigenvalue weighted by atomic mass is 9.99. The second-order valence-corrected chi connectivity index (χ2v) is 5.90. The van der Waals surface area contributed by atoms with Crippen molar-refractivity contribution in [2.45, 2.75) is 5.03 Å². The molecule has 1 aromatic heterocycles. The van der Waals surface area contributed by atoms with Gasteiger partial charge in [-0.05, 0) is 18.2 Å². The quantitative estimate of drug-likeness (QED) is 0.740. The minimum atomic E-state index is 0.411. The fourth-order valence-electron chi connectivity index (χ4n) is 2.34. The van der Waals surface area contributed by atoms with Gasteiger partial charge in [-0.3, -0.25) is 0 Å². The molecule has 0 amide bonds. The van der Waals surface area contributed by atoms with E-state index in [0.29, 0.717) is 12.5 Å². The summed E-state index contributed by atoms with van der Waals surface area (Å²) in [6.07, 6.45) is 0. The van der Waals surface area contributed by atoms with Crippen molar-refractivity contribution in [3.8, 4) is 0 Å². The van der Waals surface area contributed by atoms with Crippen LogP contribution in [0, 0.1) is 5.92 Å². The van der Waals surface area contributed by atoms with Crippen LogP contribution in [0.1, 0.15) is 5.56 Å². The molecule has 5 heteroatoms. The third-order valence-corrected chi connectivity index (χ3v) is 4.66. The van der Waals surface area contributed by atoms with Gasteiger partial charge in [-0.15, -0.1) is 11.8 Å². The third-order valence-electron chi connectivity index (χ3n) is 3.27. The van der Waals surface area contributed by atoms with Crippen molar-refractivity contribution in [1.29, 1.82) is 0 Å². The molecule has 4 rings (SSSR count). The maximum absolute atomic E-state index is 6.00. The summed E-state index contributed by atoms with van der Waals surface area (Å²) in [5.41, 5.74) is 3.10. The molecule has 0 saturated heterocycles. The van der Waals surface area contributed by atoms with Crippen molar-refractivity contribution in [1.82, 2.24) is 4.98 Å². The Morgan fingerprint density at radius 2 is 2.28 bits per heavy atom. The van der Waals surface area contributed by atoms with E-state index in [-0.39, 0.29) is 0 Å². The standard InChI is InChI=1S/C13H9ClN2OS/c14-9-2-1-7-3-10-12-8(5-17-16-12)6-18-13(10)15-11(7)4-9/h1-4,8H,5-6H2. The van der Waals surface area contributed by atoms with Gasteiger partial charge in [0, 0.05) is 21.7 Å². The van der Waals surface area contributed by atoms with Crippen LogP contribution in [0.2, 0.25) is 5.02 Å². The first-order chi connectivity index (χ1) is 8.81. The highest BCUT2D eigenvalue weighted by molar-refractivity contribution is 7.99. The minimum absolute atomic E-state index is 0.411. The van der Waals surface area contributed by atoms with Crippen LogP contribution in [0.3, 0.4) is 0 Å². The number of pyridine rings is 1. The highest BCUT2D eigenvalue weighted by Gasteiger charge is 2.32. The topological polar surface area (TPSA) is 34.5 Å². The molecule has 1 atom stereocenters. The molecule has 0 saturated carbocycles. The predicted octanol–water partition coefficient (Wildman–Crippen LogP) is 3.34. The molecule has 0 radical (unpaired) electrons. The van der Waals surface area contributed by atoms with E-state index in [1.54, 1.807) is 11.8 Å². The first-order valence-corrected chi connectivity index (χ1v) is 7.11. The van der Waals surface area contributed by atoms with Crippen LogP contribution in [-0.4, -0.2) is 23.1 Å². The Bertz CT molecular complexity index is 686. The van der Waals surface area contributed by atoms with Crippen LogP contribution >= 0.6 is 23.4 Å². The fourth-order valence-corrected chi connectivity index (χ4v) is 3.60. The SMILES string of the molecule is Clc1ccc2cc3c(nc2c1)SCC1CON=C31. The predicted molar refractivity (Wildman–Crippen MR) is 73.5 cm³/mol. The number of oxime groups is 1. The van der Waals surface area contributed by atoms with Crippen molar-refractivity contribution in [3.63, 3.8) is 0 Å². The molecule has 3 nitrogen and oxygen atoms in total. The first-order valence-electron chi connectivity index (χ1n) is 5.74. The Balaban J connectivity index is 1.97. The molecule has 2 aromatic rings. The van der Waals surface area contributed by atoms with Gasteiger partial charge in [-0.2, -0.15) is 0 Å². The van der Waals surface area contributed by atoms with E-state index in [1.165, 1.54) is 0 Å². The zero-order valence-corrected chi connectivity index (χ0v) is 11.0. The number of aromatic nitrogens is 1. The number of hydrogen-bond acceptors (Lipinski definition) is 4. The monoisotopic (exact) mass is 276 g/mol. The zero-order valence-electron chi connectivity index (χ0n) is 9.39. The Kier molecular flexibility index (Phi) is 2.29. The van der Waals surface area contributed by atoms with Crippen molar-refractivity contribution >= 4 is 40.0 Å². The number of benzene rings is 1. The molecule has 1 aromatic carbocycles. The number of thioether (sulfide) groups is 1. The van der Waals surface area contributed by atoms with Gasteiger partial charge < -0.3 is 4.84 Å². The normalized spacial score (nSPS) is 21.2. The molecule has 2 aliphatic rings. The van der Waals surface area contributed by atoms with E-state index in [4.69, 9.17) is 16.4 Å². The van der Waals surface area contributed by atoms with Gasteiger partial charge in [0.25, 0.3) is 0 Å². The summed E-state index contributed by atoms with van der Waals surface area (Å²) in [7, 11) is 0. The van der Waals surface area contributed by atoms with Gasteiger partial charge in [0.05, 0.1) is 17.1 Å². The molecule has 90 valence electrons. The molecule has 2 aliphatic heterocycles. The van der Waals surface area contributed by atoms with Gasteiger partial charge in [-0.25, -0.2) is 4.98 Å². The first kappa shape index (κ1) is 10.6. The Hall–Kier alpha value is -1.26. The molecule has 0 N–H and O–H groups in total. The lowest BCUT2D eigenvalue weighted by Crippen LogP contribution is -2.22. The number of nitrogens with zero attached hydrogens (tertiary/aromatic N) is 2. The van der Waals surface area contributed by atoms with Crippen LogP contribution in [0.15, 0.2) is 34.4 Å². The number of rotatable bonds is 0. The molecule has 18 heavy (non-hydrogen) atoms. The second-order valence-electron chi connectivity index (χ2n) is 4.46. The number of fused-ring (bicyclic) bond motifs is 4. The molecule has 1 unspecified atom stereocenters. The average Bonchev–Trinajstić information content (AvgIpc) is 2.85. The fraction of sp³-hybridized carbons (Fsp3) is 0.231. The highest BCUT2D eigenvalue weighted by Crippen LogP contribution is 2.36. The molecule has 0 spiro atoms. The lowest BCUT2D eigenvalue weighted by Gasteiger charge is -2.19. The van der Waals surface area contributed by atoms with Gasteiger partial charge in [0.2, 0.25) is 0 Å². The second kappa shape index (κ2) is 3.87. The van der Waals surface area contributed by atoms with Crippen molar-refractivity contribution in [3.05, 3.63) is 34.9 Å². The van der Waals surface area contributed by atoms with Crippen molar-refractivity contribution in [2.75, 3.05) is 12.4 Å². The van der Waals surface area contributed by atoms with Crippen molar-refractivity contribution < 1.29 is 4.84 Å². The largest absolute Gasteiger partial charge is 0.395 e. The average molecular weight is 277 g/mol. The summed E-state index contributed by atoms with van der Waals surface area (Å²) in [6, 6.07) is 7.92. The molecule has 0 fully saturated rings. The summed E-state index contributed by atoms with van der Waals surface area (Å²) in [4.78, 5) is 9.88. The van der Waals surface area contributed by atoms with Crippen molar-refractivity contribution in [2.24, 2.45) is 11.1 Å². The Morgan fingerprint density at radius 3 is 3.22 bits per heavy atom. The van der Waals surface area contributed by atoms with E-state index in [1.807, 2.05) is 18.2 Å². The van der Waals surface area contributed by atoms with Crippen LogP contribution in [0.25, 0.3) is 10.9 Å². The summed E-state index contributed by atoms with van der Waals surface area (Å²) in [5, 5.41) is 7.00. The smallest absolute Gasteiger partial charge is 0.126 e. The molecule has 3 heterocycles. The molecule has 0 aliphatic carbocycles. The van der Waals surface area contributed by atoms with E-state index in [2.05, 4.69) is 16.2 Å². The van der Waals surface area contributed by atoms with E-state index in [0.717, 1.165) is 38.0 Å². The zero-order chi connectivity index (χ0) is 12.1. The van der Waals surface area contributed by atoms with Crippen LogP contribution in [0.5, 0.6) is 0 Å². The highest BCUT2D eigenvalue weighted by atomic mass is 35.5. The molecular weight excluding hydrogens is 268 g/mol. The van der Waals surface area contributed by atoms with Gasteiger partial charge in [0.15, 0.2) is 0 Å². The van der Waals surface area contributed by atoms with Gasteiger partial charge in [0.1, 0.15) is 11.6 Å². The minimum Gasteiger partial charge on any atom is -0.395 e. The summed E-state index contributed by atoms with van der Waals surface area (Å²) >= 11 is 7.77. The maximum atomic E-state index is 6.00. The Morgan fingerprint density at radius 1 is 1.33 bits per heavy atom. The molecule has 0 bridgehead atoms. The van der Waals surface area contributed by atoms with E-state index in [9.17, 15) is 0 Å². The lowest BCUT2D eigenvalue weighted by molar-refractivity contribution is 0.159. The van der Waals surface area contributed by atoms with Crippen LogP contribution < -0.4 is 0 Å². The van der Waals surface area contributed by atoms with Crippen LogP contribution in [0.4, 0.5) is 0 Å². The van der Waals surface area contributed by atoms with E-state index >= 15 is 0 Å². The van der Waals surface area contributed by atoms with Gasteiger partial charge in [-0.1, -0.05) is 22.8 Å². The summed E-state index contributed by atoms with van der Waals surface area (Å²) in [6.45, 7) is 0.695. The molecular formula is C13H9ClN2OS. The van der Waals surface area contributed by atoms with E-state index < -0.39 is 0 Å². The summed E-state index contributed by atoms with van der Waals surface area (Å²) < 4.78 is 0. The number of hydrogen-bond donors (Lipinski definition) is 0. The van der Waals surface area contributed by atoms with Crippen LogP contribution in [-0.2, 0) is 4.84 Å². The maximum Gasteiger partial charge on any atom is 0.126 e. The summed E-state index contributed by atoms with van der Waals surface area (Å²) in [5.74, 6) is 1.40. The van der Waals surface area contributed by atoms with Gasteiger partial charge >= 0.3 is 0 Å². The Labute approximate surface area is 113 Å². The third kappa shape index (κ3) is 1.52.